The van der Waals surface area contributed by atoms with Crippen LogP contribution in [0.1, 0.15) is 34.7 Å². The standard InChI is InChI=1S/C29H29N5O5S/c1-17-14-21(18(2)32(17)23-11-9-19(37-3)15-24(23)34(35)36)28-27(22-8-6-7-13-30-22)31-29(40)33(28)25-16-20(38-4)10-12-26(25)39-5/h6-16,27-28H,1-5H3,(H,31,40)/t27-,28+/m1/s1. The molecule has 2 aromatic carbocycles. The summed E-state index contributed by atoms with van der Waals surface area (Å²) in [6.07, 6.45) is 1.75. The Morgan fingerprint density at radius 1 is 0.950 bits per heavy atom. The lowest BCUT2D eigenvalue weighted by Gasteiger charge is -2.29. The molecular weight excluding hydrogens is 530 g/mol. The molecule has 2 atom stereocenters. The van der Waals surface area contributed by atoms with E-state index in [-0.39, 0.29) is 17.8 Å². The van der Waals surface area contributed by atoms with Crippen LogP contribution in [0, 0.1) is 24.0 Å². The van der Waals surface area contributed by atoms with Crippen molar-refractivity contribution in [2.75, 3.05) is 26.2 Å². The van der Waals surface area contributed by atoms with E-state index in [2.05, 4.69) is 10.3 Å². The van der Waals surface area contributed by atoms with Crippen molar-refractivity contribution < 1.29 is 19.1 Å². The summed E-state index contributed by atoms with van der Waals surface area (Å²) in [6.45, 7) is 3.88. The van der Waals surface area contributed by atoms with Crippen molar-refractivity contribution in [3.05, 3.63) is 99.6 Å². The molecule has 2 aromatic heterocycles. The Morgan fingerprint density at radius 2 is 1.68 bits per heavy atom. The number of ether oxygens (including phenoxy) is 3. The monoisotopic (exact) mass is 559 g/mol. The molecule has 0 unspecified atom stereocenters. The molecule has 0 bridgehead atoms. The average molecular weight is 560 g/mol. The summed E-state index contributed by atoms with van der Waals surface area (Å²) in [5.74, 6) is 1.68. The molecule has 3 heterocycles. The van der Waals surface area contributed by atoms with Gasteiger partial charge >= 0.3 is 0 Å². The summed E-state index contributed by atoms with van der Waals surface area (Å²) in [5, 5.41) is 16.0. The van der Waals surface area contributed by atoms with Gasteiger partial charge in [-0.3, -0.25) is 15.1 Å². The number of aryl methyl sites for hydroxylation is 1. The summed E-state index contributed by atoms with van der Waals surface area (Å²) in [6, 6.07) is 17.5. The molecule has 4 aromatic rings. The SMILES string of the molecule is COc1ccc(OC)c(N2C(=S)N[C@H](c3ccccn3)[C@@H]2c2cc(C)n(-c3ccc(OC)cc3[N+](=O)[O-])c2C)c1. The maximum atomic E-state index is 12.1. The number of hydrogen-bond acceptors (Lipinski definition) is 7. The molecule has 1 N–H and O–H groups in total. The van der Waals surface area contributed by atoms with Gasteiger partial charge in [-0.05, 0) is 74.1 Å². The van der Waals surface area contributed by atoms with Gasteiger partial charge in [-0.2, -0.15) is 0 Å². The molecule has 1 aliphatic heterocycles. The van der Waals surface area contributed by atoms with Gasteiger partial charge in [0, 0.05) is 23.7 Å². The largest absolute Gasteiger partial charge is 0.497 e. The zero-order chi connectivity index (χ0) is 28.6. The van der Waals surface area contributed by atoms with Crippen molar-refractivity contribution in [3.63, 3.8) is 0 Å². The Bertz CT molecular complexity index is 1590. The minimum absolute atomic E-state index is 0.0552. The Labute approximate surface area is 237 Å². The van der Waals surface area contributed by atoms with Crippen molar-refractivity contribution in [1.82, 2.24) is 14.9 Å². The van der Waals surface area contributed by atoms with Crippen LogP contribution in [0.15, 0.2) is 66.9 Å². The van der Waals surface area contributed by atoms with Gasteiger partial charge in [0.1, 0.15) is 22.9 Å². The first-order valence-corrected chi connectivity index (χ1v) is 12.9. The number of methoxy groups -OCH3 is 3. The molecule has 5 rings (SSSR count). The first-order chi connectivity index (χ1) is 19.3. The number of rotatable bonds is 8. The first-order valence-electron chi connectivity index (χ1n) is 12.5. The number of pyridine rings is 1. The van der Waals surface area contributed by atoms with Crippen LogP contribution in [0.4, 0.5) is 11.4 Å². The molecule has 1 aliphatic rings. The van der Waals surface area contributed by atoms with Crippen molar-refractivity contribution in [1.29, 1.82) is 0 Å². The third-order valence-corrected chi connectivity index (χ3v) is 7.47. The van der Waals surface area contributed by atoms with Gasteiger partial charge in [0.2, 0.25) is 0 Å². The van der Waals surface area contributed by atoms with E-state index in [9.17, 15) is 10.1 Å². The van der Waals surface area contributed by atoms with Gasteiger partial charge in [-0.1, -0.05) is 6.07 Å². The number of nitro groups is 1. The molecule has 1 fully saturated rings. The lowest BCUT2D eigenvalue weighted by atomic mass is 9.96. The summed E-state index contributed by atoms with van der Waals surface area (Å²) < 4.78 is 18.4. The molecule has 11 heteroatoms. The minimum Gasteiger partial charge on any atom is -0.497 e. The highest BCUT2D eigenvalue weighted by molar-refractivity contribution is 7.80. The molecule has 10 nitrogen and oxygen atoms in total. The van der Waals surface area contributed by atoms with E-state index in [1.165, 1.54) is 13.2 Å². The van der Waals surface area contributed by atoms with Gasteiger partial charge in [0.15, 0.2) is 5.11 Å². The van der Waals surface area contributed by atoms with Crippen LogP contribution in [0.3, 0.4) is 0 Å². The minimum atomic E-state index is -0.396. The van der Waals surface area contributed by atoms with Crippen LogP contribution in [0.2, 0.25) is 0 Å². The van der Waals surface area contributed by atoms with Crippen molar-refractivity contribution >= 4 is 28.7 Å². The van der Waals surface area contributed by atoms with E-state index in [1.807, 2.05) is 65.8 Å². The summed E-state index contributed by atoms with van der Waals surface area (Å²) in [7, 11) is 4.70. The number of nitrogens with one attached hydrogen (secondary N) is 1. The Hall–Kier alpha value is -4.64. The first kappa shape index (κ1) is 26.9. The zero-order valence-corrected chi connectivity index (χ0v) is 23.6. The van der Waals surface area contributed by atoms with Gasteiger partial charge in [-0.25, -0.2) is 0 Å². The van der Waals surface area contributed by atoms with E-state index in [1.54, 1.807) is 32.5 Å². The molecule has 0 radical (unpaired) electrons. The predicted octanol–water partition coefficient (Wildman–Crippen LogP) is 5.60. The fraction of sp³-hybridized carbons (Fsp3) is 0.241. The molecule has 0 spiro atoms. The van der Waals surface area contributed by atoms with E-state index in [0.29, 0.717) is 28.0 Å². The van der Waals surface area contributed by atoms with E-state index in [4.69, 9.17) is 26.4 Å². The highest BCUT2D eigenvalue weighted by Gasteiger charge is 2.43. The third kappa shape index (κ3) is 4.58. The third-order valence-electron chi connectivity index (χ3n) is 7.15. The average Bonchev–Trinajstić information content (AvgIpc) is 3.47. The zero-order valence-electron chi connectivity index (χ0n) is 22.7. The van der Waals surface area contributed by atoms with Crippen molar-refractivity contribution in [2.45, 2.75) is 25.9 Å². The van der Waals surface area contributed by atoms with Gasteiger partial charge in [0.25, 0.3) is 5.69 Å². The van der Waals surface area contributed by atoms with E-state index in [0.717, 1.165) is 28.3 Å². The molecule has 0 amide bonds. The topological polar surface area (TPSA) is 104 Å². The number of benzene rings is 2. The van der Waals surface area contributed by atoms with Crippen LogP contribution in [0.5, 0.6) is 17.2 Å². The van der Waals surface area contributed by atoms with Gasteiger partial charge < -0.3 is 29.0 Å². The molecule has 0 aliphatic carbocycles. The molecule has 1 saturated heterocycles. The number of hydrogen-bond donors (Lipinski definition) is 1. The maximum absolute atomic E-state index is 12.1. The second-order valence-electron chi connectivity index (χ2n) is 9.31. The van der Waals surface area contributed by atoms with E-state index < -0.39 is 4.92 Å². The highest BCUT2D eigenvalue weighted by Crippen LogP contribution is 2.47. The summed E-state index contributed by atoms with van der Waals surface area (Å²) >= 11 is 5.90. The number of nitrogens with zero attached hydrogens (tertiary/aromatic N) is 4. The Morgan fingerprint density at radius 3 is 2.33 bits per heavy atom. The molecule has 0 saturated carbocycles. The molecule has 40 heavy (non-hydrogen) atoms. The molecule has 206 valence electrons. The van der Waals surface area contributed by atoms with Crippen molar-refractivity contribution in [3.8, 4) is 22.9 Å². The Kier molecular flexibility index (Phi) is 7.31. The van der Waals surface area contributed by atoms with Crippen LogP contribution >= 0.6 is 12.2 Å². The van der Waals surface area contributed by atoms with Crippen LogP contribution in [-0.2, 0) is 0 Å². The van der Waals surface area contributed by atoms with Gasteiger partial charge in [0.05, 0.1) is 55.8 Å². The van der Waals surface area contributed by atoms with Crippen LogP contribution < -0.4 is 24.4 Å². The van der Waals surface area contributed by atoms with E-state index >= 15 is 0 Å². The number of aromatic nitrogens is 2. The second kappa shape index (κ2) is 10.9. The lowest BCUT2D eigenvalue weighted by Crippen LogP contribution is -2.30. The second-order valence-corrected chi connectivity index (χ2v) is 9.69. The van der Waals surface area contributed by atoms with Crippen LogP contribution in [0.25, 0.3) is 5.69 Å². The fourth-order valence-corrected chi connectivity index (χ4v) is 5.68. The maximum Gasteiger partial charge on any atom is 0.296 e. The highest BCUT2D eigenvalue weighted by atomic mass is 32.1. The van der Waals surface area contributed by atoms with Crippen molar-refractivity contribution in [2.24, 2.45) is 0 Å². The normalized spacial score (nSPS) is 16.5. The predicted molar refractivity (Wildman–Crippen MR) is 156 cm³/mol. The summed E-state index contributed by atoms with van der Waals surface area (Å²) in [4.78, 5) is 18.3. The van der Waals surface area contributed by atoms with Crippen LogP contribution in [-0.4, -0.2) is 40.9 Å². The quantitative estimate of drug-likeness (QED) is 0.168. The number of nitro benzene ring substituents is 1. The number of anilines is 1. The Balaban J connectivity index is 1.73. The fourth-order valence-electron chi connectivity index (χ4n) is 5.34. The summed E-state index contributed by atoms with van der Waals surface area (Å²) in [5.41, 5.74) is 4.50. The smallest absolute Gasteiger partial charge is 0.296 e. The molecular formula is C29H29N5O5S. The lowest BCUT2D eigenvalue weighted by molar-refractivity contribution is -0.384. The number of thiocarbonyl (C=S) groups is 1. The van der Waals surface area contributed by atoms with Gasteiger partial charge in [-0.15, -0.1) is 0 Å².